The molecule has 0 atom stereocenters. The van der Waals surface area contributed by atoms with E-state index in [9.17, 15) is 45.8 Å². The first-order chi connectivity index (χ1) is 15.8. The first-order valence-electron chi connectivity index (χ1n) is 9.31. The van der Waals surface area contributed by atoms with Crippen LogP contribution in [0.3, 0.4) is 0 Å². The molecule has 11 heteroatoms. The fourth-order valence-corrected chi connectivity index (χ4v) is 3.07. The summed E-state index contributed by atoms with van der Waals surface area (Å²) in [4.78, 5) is 35.0. The van der Waals surface area contributed by atoms with Crippen LogP contribution in [0.25, 0.3) is 11.1 Å². The number of halogens is 6. The largest absolute Gasteiger partial charge is 0.545 e. The van der Waals surface area contributed by atoms with Crippen LogP contribution in [-0.4, -0.2) is 18.2 Å². The summed E-state index contributed by atoms with van der Waals surface area (Å²) in [6.45, 7) is 0. The number of carbonyl (C=O) groups excluding carboxylic acids is 3. The fraction of sp³-hybridized carbons (Fsp3) is 0.0870. The fourth-order valence-electron chi connectivity index (χ4n) is 3.07. The molecule has 0 bridgehead atoms. The molecule has 0 heterocycles. The third kappa shape index (κ3) is 5.42. The predicted octanol–water partition coefficient (Wildman–Crippen LogP) is 4.82. The Morgan fingerprint density at radius 1 is 0.794 bits per heavy atom. The van der Waals surface area contributed by atoms with Gasteiger partial charge in [0, 0.05) is 16.7 Å². The molecule has 3 aromatic carbocycles. The number of hydrogen-bond acceptors (Lipinski definition) is 4. The molecule has 0 saturated carbocycles. The predicted molar refractivity (Wildman–Crippen MR) is 106 cm³/mol. The van der Waals surface area contributed by atoms with E-state index in [-0.39, 0.29) is 18.2 Å². The van der Waals surface area contributed by atoms with Gasteiger partial charge >= 0.3 is 12.4 Å². The molecule has 3 rings (SSSR count). The maximum Gasteiger partial charge on any atom is 0.416 e. The molecule has 34 heavy (non-hydrogen) atoms. The number of alkyl halides is 6. The van der Waals surface area contributed by atoms with E-state index >= 15 is 0 Å². The summed E-state index contributed by atoms with van der Waals surface area (Å²) in [6.07, 6.45) is -9.75. The average Bonchev–Trinajstić information content (AvgIpc) is 2.77. The molecule has 0 aliphatic carbocycles. The Morgan fingerprint density at radius 3 is 1.91 bits per heavy atom. The summed E-state index contributed by atoms with van der Waals surface area (Å²) >= 11 is 0. The van der Waals surface area contributed by atoms with Crippen LogP contribution in [-0.2, 0) is 12.4 Å². The van der Waals surface area contributed by atoms with Crippen molar-refractivity contribution in [3.05, 3.63) is 88.5 Å². The van der Waals surface area contributed by atoms with E-state index in [0.717, 1.165) is 12.1 Å². The Bertz CT molecular complexity index is 1250. The van der Waals surface area contributed by atoms with Gasteiger partial charge in [0.05, 0.1) is 22.8 Å². The lowest BCUT2D eigenvalue weighted by atomic mass is 10.00. The highest BCUT2D eigenvalue weighted by Gasteiger charge is 2.37. The normalized spacial score (nSPS) is 11.7. The number of rotatable bonds is 5. The average molecular weight is 480 g/mol. The van der Waals surface area contributed by atoms with Gasteiger partial charge in [0.1, 0.15) is 6.29 Å². The lowest BCUT2D eigenvalue weighted by Crippen LogP contribution is -2.25. The van der Waals surface area contributed by atoms with Crippen molar-refractivity contribution in [3.8, 4) is 11.1 Å². The lowest BCUT2D eigenvalue weighted by Gasteiger charge is -2.16. The first kappa shape index (κ1) is 24.5. The number of carboxylic acids is 1. The van der Waals surface area contributed by atoms with Crippen molar-refractivity contribution in [2.24, 2.45) is 0 Å². The summed E-state index contributed by atoms with van der Waals surface area (Å²) < 4.78 is 78.3. The van der Waals surface area contributed by atoms with Crippen LogP contribution in [0.15, 0.2) is 60.7 Å². The van der Waals surface area contributed by atoms with Gasteiger partial charge in [-0.2, -0.15) is 26.3 Å². The minimum Gasteiger partial charge on any atom is -0.545 e. The van der Waals surface area contributed by atoms with Gasteiger partial charge in [-0.3, -0.25) is 9.59 Å². The highest BCUT2D eigenvalue weighted by Crippen LogP contribution is 2.36. The zero-order valence-corrected chi connectivity index (χ0v) is 16.8. The Morgan fingerprint density at radius 2 is 1.38 bits per heavy atom. The standard InChI is InChI=1S/C23H13F6NO4/c24-22(25,26)16-7-15(8-17(10-16)23(27,28)29)20(32)30-19-5-4-14(9-18(19)21(33)34)13-3-1-2-12(6-13)11-31/h1-11H,(H,30,32)(H,33,34)/p-1. The minimum atomic E-state index is -5.16. The van der Waals surface area contributed by atoms with Crippen LogP contribution >= 0.6 is 0 Å². The van der Waals surface area contributed by atoms with Crippen molar-refractivity contribution in [1.82, 2.24) is 0 Å². The molecule has 3 aromatic rings. The van der Waals surface area contributed by atoms with Crippen molar-refractivity contribution in [2.45, 2.75) is 12.4 Å². The summed E-state index contributed by atoms with van der Waals surface area (Å²) in [5.41, 5.74) is -4.31. The van der Waals surface area contributed by atoms with Crippen molar-refractivity contribution >= 4 is 23.9 Å². The molecule has 0 radical (unpaired) electrons. The number of amides is 1. The topological polar surface area (TPSA) is 86.3 Å². The highest BCUT2D eigenvalue weighted by molar-refractivity contribution is 6.08. The molecule has 0 fully saturated rings. The number of benzene rings is 3. The van der Waals surface area contributed by atoms with Gasteiger partial charge in [-0.15, -0.1) is 0 Å². The maximum absolute atomic E-state index is 13.0. The summed E-state index contributed by atoms with van der Waals surface area (Å²) in [6, 6.07) is 9.93. The van der Waals surface area contributed by atoms with Crippen LogP contribution in [0.1, 0.15) is 42.2 Å². The smallest absolute Gasteiger partial charge is 0.416 e. The molecule has 0 aliphatic heterocycles. The quantitative estimate of drug-likeness (QED) is 0.419. The van der Waals surface area contributed by atoms with Gasteiger partial charge in [-0.25, -0.2) is 0 Å². The van der Waals surface area contributed by atoms with Crippen molar-refractivity contribution in [3.63, 3.8) is 0 Å². The van der Waals surface area contributed by atoms with E-state index in [4.69, 9.17) is 0 Å². The Hall–Kier alpha value is -4.15. The molecule has 176 valence electrons. The van der Waals surface area contributed by atoms with Gasteiger partial charge in [-0.05, 0) is 47.5 Å². The summed E-state index contributed by atoms with van der Waals surface area (Å²) in [5, 5.41) is 13.6. The Balaban J connectivity index is 2.01. The number of carbonyl (C=O) groups is 3. The van der Waals surface area contributed by atoms with Gasteiger partial charge in [0.15, 0.2) is 0 Å². The van der Waals surface area contributed by atoms with Crippen molar-refractivity contribution < 1.29 is 45.8 Å². The van der Waals surface area contributed by atoms with Gasteiger partial charge in [0.2, 0.25) is 0 Å². The third-order valence-corrected chi connectivity index (χ3v) is 4.69. The molecule has 0 aromatic heterocycles. The van der Waals surface area contributed by atoms with Gasteiger partial charge in [-0.1, -0.05) is 24.3 Å². The van der Waals surface area contributed by atoms with Crippen LogP contribution < -0.4 is 10.4 Å². The monoisotopic (exact) mass is 480 g/mol. The van der Waals surface area contributed by atoms with Crippen LogP contribution in [0, 0.1) is 0 Å². The molecular formula is C23H12F6NO4-. The molecule has 1 amide bonds. The number of aromatic carboxylic acids is 1. The van der Waals surface area contributed by atoms with Crippen LogP contribution in [0.2, 0.25) is 0 Å². The van der Waals surface area contributed by atoms with Crippen molar-refractivity contribution in [1.29, 1.82) is 0 Å². The van der Waals surface area contributed by atoms with E-state index in [2.05, 4.69) is 0 Å². The highest BCUT2D eigenvalue weighted by atomic mass is 19.4. The first-order valence-corrected chi connectivity index (χ1v) is 9.31. The zero-order valence-electron chi connectivity index (χ0n) is 16.8. The second-order valence-electron chi connectivity index (χ2n) is 7.04. The number of carboxylic acid groups (broad SMARTS) is 1. The van der Waals surface area contributed by atoms with E-state index in [1.807, 2.05) is 5.32 Å². The van der Waals surface area contributed by atoms with E-state index in [0.29, 0.717) is 23.0 Å². The number of nitrogens with one attached hydrogen (secondary N) is 1. The number of anilines is 1. The molecular weight excluding hydrogens is 468 g/mol. The molecule has 0 spiro atoms. The second-order valence-corrected chi connectivity index (χ2v) is 7.04. The summed E-state index contributed by atoms with van der Waals surface area (Å²) in [7, 11) is 0. The number of aldehydes is 1. The van der Waals surface area contributed by atoms with E-state index in [1.165, 1.54) is 18.2 Å². The minimum absolute atomic E-state index is 0.133. The lowest BCUT2D eigenvalue weighted by molar-refractivity contribution is -0.254. The molecule has 0 unspecified atom stereocenters. The SMILES string of the molecule is O=Cc1cccc(-c2ccc(NC(=O)c3cc(C(F)(F)F)cc(C(F)(F)F)c3)c(C(=O)[O-])c2)c1. The number of hydrogen-bond donors (Lipinski definition) is 1. The maximum atomic E-state index is 13.0. The van der Waals surface area contributed by atoms with Crippen molar-refractivity contribution in [2.75, 3.05) is 5.32 Å². The van der Waals surface area contributed by atoms with Crippen LogP contribution in [0.5, 0.6) is 0 Å². The van der Waals surface area contributed by atoms with E-state index in [1.54, 1.807) is 12.1 Å². The third-order valence-electron chi connectivity index (χ3n) is 4.69. The second kappa shape index (κ2) is 9.00. The molecule has 0 saturated heterocycles. The molecule has 1 N–H and O–H groups in total. The Kier molecular flexibility index (Phi) is 6.49. The van der Waals surface area contributed by atoms with E-state index < -0.39 is 52.2 Å². The Labute approximate surface area is 187 Å². The van der Waals surface area contributed by atoms with Gasteiger partial charge in [0.25, 0.3) is 5.91 Å². The zero-order chi connectivity index (χ0) is 25.3. The molecule has 0 aliphatic rings. The van der Waals surface area contributed by atoms with Gasteiger partial charge < -0.3 is 15.2 Å². The summed E-state index contributed by atoms with van der Waals surface area (Å²) in [5.74, 6) is -3.15. The molecule has 5 nitrogen and oxygen atoms in total. The van der Waals surface area contributed by atoms with Crippen LogP contribution in [0.4, 0.5) is 32.0 Å².